The Bertz CT molecular complexity index is 882. The molecule has 0 saturated carbocycles. The number of hydrogen-bond donors (Lipinski definition) is 3. The minimum atomic E-state index is -0.406. The highest BCUT2D eigenvalue weighted by atomic mass is 16.2. The van der Waals surface area contributed by atoms with Crippen LogP contribution in [0.4, 0.5) is 11.4 Å². The lowest BCUT2D eigenvalue weighted by molar-refractivity contribution is -0.114. The topological polar surface area (TPSA) is 95.5 Å². The van der Waals surface area contributed by atoms with Crippen LogP contribution in [0.25, 0.3) is 5.57 Å². The van der Waals surface area contributed by atoms with Crippen LogP contribution in [0.15, 0.2) is 48.7 Å². The summed E-state index contributed by atoms with van der Waals surface area (Å²) < 4.78 is 0. The number of carbonyl (C=O) groups is 3. The third kappa shape index (κ3) is 2.77. The van der Waals surface area contributed by atoms with Gasteiger partial charge in [0.05, 0.1) is 11.8 Å². The van der Waals surface area contributed by atoms with Crippen LogP contribution in [0.5, 0.6) is 0 Å². The summed E-state index contributed by atoms with van der Waals surface area (Å²) in [4.78, 5) is 35.3. The van der Waals surface area contributed by atoms with Crippen molar-refractivity contribution in [3.05, 3.63) is 65.4 Å². The highest BCUT2D eigenvalue weighted by Crippen LogP contribution is 2.32. The lowest BCUT2D eigenvalue weighted by atomic mass is 9.98. The van der Waals surface area contributed by atoms with Gasteiger partial charge in [0.15, 0.2) is 5.78 Å². The minimum absolute atomic E-state index is 0.126. The predicted octanol–water partition coefficient (Wildman–Crippen LogP) is 2.73. The van der Waals surface area contributed by atoms with Gasteiger partial charge in [-0.05, 0) is 42.5 Å². The van der Waals surface area contributed by atoms with Gasteiger partial charge in [-0.2, -0.15) is 0 Å². The number of hydrogen-bond acceptors (Lipinski definition) is 4. The summed E-state index contributed by atoms with van der Waals surface area (Å²) in [6.45, 7) is 1.41. The summed E-state index contributed by atoms with van der Waals surface area (Å²) in [7, 11) is 0. The first-order valence-electron chi connectivity index (χ1n) is 7.22. The van der Waals surface area contributed by atoms with Crippen LogP contribution >= 0.6 is 0 Å². The molecule has 2 aromatic rings. The van der Waals surface area contributed by atoms with Crippen molar-refractivity contribution in [1.82, 2.24) is 0 Å². The second-order valence-corrected chi connectivity index (χ2v) is 5.34. The highest BCUT2D eigenvalue weighted by Gasteiger charge is 2.25. The third-order valence-electron chi connectivity index (χ3n) is 3.66. The molecule has 0 spiro atoms. The van der Waals surface area contributed by atoms with Crippen LogP contribution in [0.1, 0.15) is 28.4 Å². The molecule has 1 heterocycles. The Hall–Kier alpha value is -3.41. The second kappa shape index (κ2) is 6.00. The first kappa shape index (κ1) is 15.5. The van der Waals surface area contributed by atoms with Crippen molar-refractivity contribution in [3.63, 3.8) is 0 Å². The van der Waals surface area contributed by atoms with Crippen molar-refractivity contribution in [2.24, 2.45) is 0 Å². The molecule has 0 unspecified atom stereocenters. The monoisotopic (exact) mass is 322 g/mol. The van der Waals surface area contributed by atoms with Gasteiger partial charge in [0.1, 0.15) is 0 Å². The molecule has 0 radical (unpaired) electrons. The Morgan fingerprint density at radius 2 is 1.75 bits per heavy atom. The first-order valence-corrected chi connectivity index (χ1v) is 7.22. The van der Waals surface area contributed by atoms with E-state index in [1.165, 1.54) is 6.92 Å². The Morgan fingerprint density at radius 3 is 2.38 bits per heavy atom. The van der Waals surface area contributed by atoms with E-state index in [9.17, 15) is 19.5 Å². The summed E-state index contributed by atoms with van der Waals surface area (Å²) in [5, 5.41) is 14.4. The maximum absolute atomic E-state index is 12.6. The van der Waals surface area contributed by atoms with Crippen LogP contribution in [0.2, 0.25) is 0 Å². The van der Waals surface area contributed by atoms with Gasteiger partial charge in [0, 0.05) is 35.0 Å². The van der Waals surface area contributed by atoms with Gasteiger partial charge in [0.2, 0.25) is 5.91 Å². The largest absolute Gasteiger partial charge is 0.515 e. The molecule has 24 heavy (non-hydrogen) atoms. The fourth-order valence-corrected chi connectivity index (χ4v) is 2.53. The average molecular weight is 322 g/mol. The van der Waals surface area contributed by atoms with E-state index in [0.29, 0.717) is 28.1 Å². The second-order valence-electron chi connectivity index (χ2n) is 5.34. The van der Waals surface area contributed by atoms with E-state index in [-0.39, 0.29) is 17.3 Å². The van der Waals surface area contributed by atoms with E-state index < -0.39 is 5.91 Å². The predicted molar refractivity (Wildman–Crippen MR) is 89.9 cm³/mol. The van der Waals surface area contributed by atoms with Gasteiger partial charge in [-0.3, -0.25) is 14.4 Å². The molecule has 2 aromatic carbocycles. The van der Waals surface area contributed by atoms with Gasteiger partial charge in [-0.25, -0.2) is 0 Å². The van der Waals surface area contributed by atoms with E-state index in [1.807, 2.05) is 0 Å². The Kier molecular flexibility index (Phi) is 3.87. The van der Waals surface area contributed by atoms with E-state index in [1.54, 1.807) is 42.5 Å². The number of amides is 2. The summed E-state index contributed by atoms with van der Waals surface area (Å²) in [5.74, 6) is -0.811. The van der Waals surface area contributed by atoms with E-state index in [0.717, 1.165) is 6.26 Å². The summed E-state index contributed by atoms with van der Waals surface area (Å²) in [5.41, 5.74) is 2.63. The molecule has 0 atom stereocenters. The number of aliphatic hydroxyl groups is 1. The SMILES string of the molecule is CC(=O)Nc1ccc(C(=O)c2ccc3c(c2)/C(=C/O)C(=O)N3)cc1. The number of carbonyl (C=O) groups excluding carboxylic acids is 3. The Morgan fingerprint density at radius 1 is 1.08 bits per heavy atom. The molecule has 1 aliphatic heterocycles. The van der Waals surface area contributed by atoms with Crippen molar-refractivity contribution in [1.29, 1.82) is 0 Å². The molecular formula is C18H14N2O4. The molecule has 0 bridgehead atoms. The quantitative estimate of drug-likeness (QED) is 0.460. The van der Waals surface area contributed by atoms with E-state index >= 15 is 0 Å². The smallest absolute Gasteiger partial charge is 0.259 e. The van der Waals surface area contributed by atoms with Crippen LogP contribution in [0, 0.1) is 0 Å². The average Bonchev–Trinajstić information content (AvgIpc) is 2.88. The van der Waals surface area contributed by atoms with Crippen molar-refractivity contribution >= 4 is 34.5 Å². The molecule has 0 fully saturated rings. The zero-order chi connectivity index (χ0) is 17.3. The van der Waals surface area contributed by atoms with Gasteiger partial charge in [-0.15, -0.1) is 0 Å². The number of ketones is 1. The molecule has 0 saturated heterocycles. The van der Waals surface area contributed by atoms with Crippen molar-refractivity contribution < 1.29 is 19.5 Å². The molecule has 0 aromatic heterocycles. The standard InChI is InChI=1S/C18H14N2O4/c1-10(22)19-13-5-2-11(3-6-13)17(23)12-4-7-16-14(8-12)15(9-21)18(24)20-16/h2-9,21H,1H3,(H,19,22)(H,20,24)/b15-9-. The first-order chi connectivity index (χ1) is 11.5. The zero-order valence-corrected chi connectivity index (χ0v) is 12.8. The number of benzene rings is 2. The lowest BCUT2D eigenvalue weighted by Gasteiger charge is -2.06. The Labute approximate surface area is 137 Å². The summed E-state index contributed by atoms with van der Waals surface area (Å²) in [6, 6.07) is 11.3. The molecular weight excluding hydrogens is 308 g/mol. The maximum atomic E-state index is 12.6. The summed E-state index contributed by atoms with van der Waals surface area (Å²) in [6.07, 6.45) is 0.734. The van der Waals surface area contributed by atoms with E-state index in [2.05, 4.69) is 10.6 Å². The molecule has 3 rings (SSSR count). The molecule has 1 aliphatic rings. The molecule has 0 aliphatic carbocycles. The minimum Gasteiger partial charge on any atom is -0.515 e. The number of aliphatic hydroxyl groups excluding tert-OH is 1. The van der Waals surface area contributed by atoms with E-state index in [4.69, 9.17) is 0 Å². The third-order valence-corrected chi connectivity index (χ3v) is 3.66. The number of rotatable bonds is 3. The van der Waals surface area contributed by atoms with Crippen molar-refractivity contribution in [3.8, 4) is 0 Å². The molecule has 6 nitrogen and oxygen atoms in total. The highest BCUT2D eigenvalue weighted by molar-refractivity contribution is 6.31. The van der Waals surface area contributed by atoms with Gasteiger partial charge in [-0.1, -0.05) is 0 Å². The number of anilines is 2. The molecule has 2 amide bonds. The molecule has 6 heteroatoms. The zero-order valence-electron chi connectivity index (χ0n) is 12.8. The van der Waals surface area contributed by atoms with Gasteiger partial charge < -0.3 is 15.7 Å². The van der Waals surface area contributed by atoms with Gasteiger partial charge in [0.25, 0.3) is 5.91 Å². The maximum Gasteiger partial charge on any atom is 0.259 e. The van der Waals surface area contributed by atoms with Crippen LogP contribution in [-0.4, -0.2) is 22.7 Å². The normalized spacial score (nSPS) is 14.2. The fourth-order valence-electron chi connectivity index (χ4n) is 2.53. The van der Waals surface area contributed by atoms with Crippen LogP contribution in [0.3, 0.4) is 0 Å². The number of fused-ring (bicyclic) bond motifs is 1. The van der Waals surface area contributed by atoms with Gasteiger partial charge >= 0.3 is 0 Å². The molecule has 3 N–H and O–H groups in total. The molecule has 120 valence electrons. The fraction of sp³-hybridized carbons (Fsp3) is 0.0556. The van der Waals surface area contributed by atoms with Crippen LogP contribution < -0.4 is 10.6 Å². The Balaban J connectivity index is 1.90. The van der Waals surface area contributed by atoms with Crippen LogP contribution in [-0.2, 0) is 9.59 Å². The number of nitrogens with one attached hydrogen (secondary N) is 2. The lowest BCUT2D eigenvalue weighted by Crippen LogP contribution is -2.06. The van der Waals surface area contributed by atoms with Crippen molar-refractivity contribution in [2.75, 3.05) is 10.6 Å². The summed E-state index contributed by atoms with van der Waals surface area (Å²) >= 11 is 0. The van der Waals surface area contributed by atoms with Crippen molar-refractivity contribution in [2.45, 2.75) is 6.92 Å².